The lowest BCUT2D eigenvalue weighted by atomic mass is 10.1. The van der Waals surface area contributed by atoms with E-state index in [0.717, 1.165) is 76.8 Å². The molecule has 5 heterocycles. The monoisotopic (exact) mass is 641 g/mol. The molecule has 0 radical (unpaired) electrons. The number of rotatable bonds is 4. The molecule has 0 atom stereocenters. The average molecular weight is 642 g/mol. The summed E-state index contributed by atoms with van der Waals surface area (Å²) >= 11 is 0. The zero-order chi connectivity index (χ0) is 32.8. The van der Waals surface area contributed by atoms with Crippen molar-refractivity contribution in [3.05, 3.63) is 164 Å². The lowest BCUT2D eigenvalue weighted by molar-refractivity contribution is 0.886. The molecular weight excluding hydrogens is 615 g/mol. The van der Waals surface area contributed by atoms with Gasteiger partial charge < -0.3 is 9.13 Å². The van der Waals surface area contributed by atoms with Crippen molar-refractivity contribution >= 4 is 65.4 Å². The molecule has 50 heavy (non-hydrogen) atoms. The quantitative estimate of drug-likeness (QED) is 0.192. The minimum absolute atomic E-state index is 0.561. The van der Waals surface area contributed by atoms with Gasteiger partial charge in [0.1, 0.15) is 6.33 Å². The fourth-order valence-electron chi connectivity index (χ4n) is 7.86. The van der Waals surface area contributed by atoms with Crippen LogP contribution in [0.1, 0.15) is 0 Å². The Morgan fingerprint density at radius 1 is 0.360 bits per heavy atom. The van der Waals surface area contributed by atoms with Gasteiger partial charge in [-0.15, -0.1) is 0 Å². The van der Waals surface area contributed by atoms with Crippen LogP contribution in [0.25, 0.3) is 88.7 Å². The number of hydrogen-bond acceptors (Lipinski definition) is 3. The molecular formula is C43H27N7. The molecule has 0 fully saturated rings. The van der Waals surface area contributed by atoms with E-state index in [-0.39, 0.29) is 0 Å². The van der Waals surface area contributed by atoms with Gasteiger partial charge in [-0.1, -0.05) is 97.1 Å². The fourth-order valence-corrected chi connectivity index (χ4v) is 7.86. The molecule has 6 aromatic carbocycles. The van der Waals surface area contributed by atoms with Crippen molar-refractivity contribution in [2.75, 3.05) is 0 Å². The van der Waals surface area contributed by atoms with Crippen LogP contribution in [0.3, 0.4) is 0 Å². The van der Waals surface area contributed by atoms with E-state index >= 15 is 0 Å². The molecule has 7 nitrogen and oxygen atoms in total. The first-order chi connectivity index (χ1) is 24.8. The summed E-state index contributed by atoms with van der Waals surface area (Å²) in [6, 6.07) is 51.2. The van der Waals surface area contributed by atoms with E-state index < -0.39 is 0 Å². The molecule has 0 saturated heterocycles. The van der Waals surface area contributed by atoms with Crippen LogP contribution >= 0.6 is 0 Å². The van der Waals surface area contributed by atoms with E-state index in [2.05, 4.69) is 164 Å². The summed E-state index contributed by atoms with van der Waals surface area (Å²) in [6.07, 6.45) is 5.93. The van der Waals surface area contributed by atoms with Gasteiger partial charge in [0, 0.05) is 56.1 Å². The first-order valence-corrected chi connectivity index (χ1v) is 16.7. The van der Waals surface area contributed by atoms with E-state index in [4.69, 9.17) is 15.0 Å². The van der Waals surface area contributed by atoms with Gasteiger partial charge in [-0.05, 0) is 48.5 Å². The predicted molar refractivity (Wildman–Crippen MR) is 202 cm³/mol. The number of hydrogen-bond donors (Lipinski definition) is 0. The average Bonchev–Trinajstić information content (AvgIpc) is 3.96. The SMILES string of the molecule is c1ccc(-n2ccc3ccc4c5ccccc5n(-c5ncnc(-n6c7ccccc7c7ccc8ccn(-c9ccccc9)c8c76)n5)c4c32)cc1. The van der Waals surface area contributed by atoms with Crippen LogP contribution in [0.2, 0.25) is 0 Å². The lowest BCUT2D eigenvalue weighted by Crippen LogP contribution is -2.08. The highest BCUT2D eigenvalue weighted by Crippen LogP contribution is 2.39. The molecule has 0 aliphatic heterocycles. The van der Waals surface area contributed by atoms with E-state index in [0.29, 0.717) is 11.9 Å². The van der Waals surface area contributed by atoms with Gasteiger partial charge in [-0.25, -0.2) is 9.97 Å². The Balaban J connectivity index is 1.24. The maximum absolute atomic E-state index is 5.33. The van der Waals surface area contributed by atoms with E-state index in [1.807, 2.05) is 12.1 Å². The normalized spacial score (nSPS) is 12.0. The predicted octanol–water partition coefficient (Wildman–Crippen LogP) is 9.95. The third-order valence-corrected chi connectivity index (χ3v) is 9.99. The summed E-state index contributed by atoms with van der Waals surface area (Å²) in [7, 11) is 0. The molecule has 0 saturated carbocycles. The maximum atomic E-state index is 5.33. The molecule has 0 amide bonds. The Hall–Kier alpha value is -6.99. The minimum Gasteiger partial charge on any atom is -0.315 e. The molecule has 0 N–H and O–H groups in total. The van der Waals surface area contributed by atoms with Gasteiger partial charge in [-0.2, -0.15) is 4.98 Å². The molecule has 234 valence electrons. The lowest BCUT2D eigenvalue weighted by Gasteiger charge is -2.13. The van der Waals surface area contributed by atoms with Crippen LogP contribution in [0, 0.1) is 0 Å². The molecule has 11 rings (SSSR count). The first kappa shape index (κ1) is 27.0. The number of fused-ring (bicyclic) bond motifs is 10. The smallest absolute Gasteiger partial charge is 0.239 e. The Bertz CT molecular complexity index is 2880. The zero-order valence-corrected chi connectivity index (χ0v) is 26.7. The molecule has 0 unspecified atom stereocenters. The van der Waals surface area contributed by atoms with Gasteiger partial charge in [-0.3, -0.25) is 9.13 Å². The third kappa shape index (κ3) is 3.71. The van der Waals surface area contributed by atoms with E-state index in [9.17, 15) is 0 Å². The van der Waals surface area contributed by atoms with Crippen LogP contribution in [0.4, 0.5) is 0 Å². The highest BCUT2D eigenvalue weighted by atomic mass is 15.3. The zero-order valence-electron chi connectivity index (χ0n) is 26.7. The van der Waals surface area contributed by atoms with Crippen LogP contribution in [0.15, 0.2) is 164 Å². The molecule has 0 aliphatic carbocycles. The number of benzene rings is 6. The summed E-state index contributed by atoms with van der Waals surface area (Å²) in [5, 5.41) is 6.87. The molecule has 0 spiro atoms. The van der Waals surface area contributed by atoms with Crippen molar-refractivity contribution in [3.8, 4) is 23.3 Å². The molecule has 0 aliphatic rings. The largest absolute Gasteiger partial charge is 0.315 e. The summed E-state index contributed by atoms with van der Waals surface area (Å²) in [6.45, 7) is 0. The highest BCUT2D eigenvalue weighted by Gasteiger charge is 2.22. The summed E-state index contributed by atoms with van der Waals surface area (Å²) in [4.78, 5) is 15.1. The van der Waals surface area contributed by atoms with E-state index in [1.54, 1.807) is 6.33 Å². The summed E-state index contributed by atoms with van der Waals surface area (Å²) in [5.74, 6) is 1.12. The second-order valence-electron chi connectivity index (χ2n) is 12.6. The van der Waals surface area contributed by atoms with Gasteiger partial charge in [0.05, 0.1) is 33.1 Å². The van der Waals surface area contributed by atoms with Crippen LogP contribution < -0.4 is 0 Å². The fraction of sp³-hybridized carbons (Fsp3) is 0. The molecule has 0 bridgehead atoms. The summed E-state index contributed by atoms with van der Waals surface area (Å²) < 4.78 is 8.93. The Kier molecular flexibility index (Phi) is 5.54. The van der Waals surface area contributed by atoms with Crippen LogP contribution in [-0.2, 0) is 0 Å². The number of nitrogens with zero attached hydrogens (tertiary/aromatic N) is 7. The maximum Gasteiger partial charge on any atom is 0.239 e. The van der Waals surface area contributed by atoms with Crippen molar-refractivity contribution in [1.29, 1.82) is 0 Å². The van der Waals surface area contributed by atoms with Gasteiger partial charge >= 0.3 is 0 Å². The Morgan fingerprint density at radius 2 is 0.800 bits per heavy atom. The minimum atomic E-state index is 0.561. The second-order valence-corrected chi connectivity index (χ2v) is 12.6. The van der Waals surface area contributed by atoms with E-state index in [1.165, 1.54) is 0 Å². The van der Waals surface area contributed by atoms with Crippen LogP contribution in [-0.4, -0.2) is 33.2 Å². The van der Waals surface area contributed by atoms with Gasteiger partial charge in [0.25, 0.3) is 0 Å². The number of para-hydroxylation sites is 4. The van der Waals surface area contributed by atoms with Crippen molar-refractivity contribution in [2.24, 2.45) is 0 Å². The Morgan fingerprint density at radius 3 is 1.28 bits per heavy atom. The first-order valence-electron chi connectivity index (χ1n) is 16.7. The van der Waals surface area contributed by atoms with Gasteiger partial charge in [0.15, 0.2) is 0 Å². The van der Waals surface area contributed by atoms with Crippen molar-refractivity contribution in [2.45, 2.75) is 0 Å². The standard InChI is InChI=1S/C43H27N7/c1-3-11-30(12-4-1)47-25-23-28-19-21-34-32-15-7-9-17-36(32)49(40(34)38(28)47)42-44-27-45-43(46-42)50-37-18-10-8-16-33(37)35-22-20-29-24-26-48(39(29)41(35)50)31-13-5-2-6-14-31/h1-27H. The second kappa shape index (κ2) is 10.3. The topological polar surface area (TPSA) is 58.4 Å². The van der Waals surface area contributed by atoms with Crippen LogP contribution in [0.5, 0.6) is 0 Å². The van der Waals surface area contributed by atoms with Gasteiger partial charge in [0.2, 0.25) is 11.9 Å². The molecule has 11 aromatic rings. The molecule has 7 heteroatoms. The van der Waals surface area contributed by atoms with Crippen molar-refractivity contribution in [1.82, 2.24) is 33.2 Å². The van der Waals surface area contributed by atoms with Crippen molar-refractivity contribution < 1.29 is 0 Å². The number of aromatic nitrogens is 7. The summed E-state index contributed by atoms with van der Waals surface area (Å²) in [5.41, 5.74) is 8.58. The highest BCUT2D eigenvalue weighted by molar-refractivity contribution is 6.19. The van der Waals surface area contributed by atoms with Crippen molar-refractivity contribution in [3.63, 3.8) is 0 Å². The molecule has 5 aromatic heterocycles. The third-order valence-electron chi connectivity index (χ3n) is 9.99. The Labute approximate surface area is 285 Å².